The maximum atomic E-state index is 12.1. The summed E-state index contributed by atoms with van der Waals surface area (Å²) < 4.78 is 22.9. The van der Waals surface area contributed by atoms with E-state index >= 15 is 0 Å². The van der Waals surface area contributed by atoms with Crippen LogP contribution in [0.25, 0.3) is 0 Å². The topological polar surface area (TPSA) is 90.9 Å². The number of sulfone groups is 1. The van der Waals surface area contributed by atoms with E-state index in [9.17, 15) is 13.2 Å². The molecule has 1 heterocycles. The highest BCUT2D eigenvalue weighted by molar-refractivity contribution is 14.0. The third kappa shape index (κ3) is 7.10. The highest BCUT2D eigenvalue weighted by atomic mass is 127. The van der Waals surface area contributed by atoms with E-state index in [1.807, 2.05) is 11.8 Å². The molecule has 0 bridgehead atoms. The molecule has 0 saturated carbocycles. The minimum absolute atomic E-state index is 0. The second kappa shape index (κ2) is 10.7. The minimum Gasteiger partial charge on any atom is -0.357 e. The number of carbonyl (C=O) groups is 1. The molecule has 1 amide bonds. The van der Waals surface area contributed by atoms with E-state index in [0.717, 1.165) is 31.5 Å². The molecule has 0 atom stereocenters. The molecule has 0 radical (unpaired) electrons. The van der Waals surface area contributed by atoms with Gasteiger partial charge in [-0.2, -0.15) is 0 Å². The maximum absolute atomic E-state index is 12.1. The quantitative estimate of drug-likeness (QED) is 0.355. The number of benzene rings is 1. The summed E-state index contributed by atoms with van der Waals surface area (Å²) in [6.45, 7) is 4.94. The maximum Gasteiger partial charge on any atom is 0.241 e. The van der Waals surface area contributed by atoms with Crippen molar-refractivity contribution in [3.63, 3.8) is 0 Å². The predicted molar refractivity (Wildman–Crippen MR) is 114 cm³/mol. The fraction of sp³-hybridized carbons (Fsp3) is 0.529. The third-order valence-corrected chi connectivity index (χ3v) is 5.11. The molecule has 0 aromatic heterocycles. The number of halogens is 1. The summed E-state index contributed by atoms with van der Waals surface area (Å²) >= 11 is 0. The zero-order valence-corrected chi connectivity index (χ0v) is 18.3. The first kappa shape index (κ1) is 22.7. The average Bonchev–Trinajstić information content (AvgIpc) is 3.11. The Hall–Kier alpha value is -1.36. The van der Waals surface area contributed by atoms with Gasteiger partial charge in [-0.05, 0) is 37.5 Å². The Morgan fingerprint density at radius 2 is 1.77 bits per heavy atom. The Bertz CT molecular complexity index is 714. The first-order chi connectivity index (χ1) is 11.9. The SMILES string of the molecule is CCNC(=NCc1ccc(S(C)(=O)=O)cc1)NCC(=O)N1CCCC1.I. The van der Waals surface area contributed by atoms with Crippen molar-refractivity contribution in [2.45, 2.75) is 31.2 Å². The number of rotatable bonds is 6. The van der Waals surface area contributed by atoms with Gasteiger partial charge in [-0.3, -0.25) is 4.79 Å². The number of likely N-dealkylation sites (tertiary alicyclic amines) is 1. The molecule has 0 spiro atoms. The summed E-state index contributed by atoms with van der Waals surface area (Å²) in [6, 6.07) is 6.66. The van der Waals surface area contributed by atoms with E-state index in [-0.39, 0.29) is 36.4 Å². The Balaban J connectivity index is 0.00000338. The van der Waals surface area contributed by atoms with Crippen LogP contribution < -0.4 is 10.6 Å². The van der Waals surface area contributed by atoms with Gasteiger partial charge in [0.1, 0.15) is 0 Å². The van der Waals surface area contributed by atoms with E-state index in [1.54, 1.807) is 24.3 Å². The molecule has 146 valence electrons. The first-order valence-electron chi connectivity index (χ1n) is 8.49. The van der Waals surface area contributed by atoms with Gasteiger partial charge in [0.25, 0.3) is 0 Å². The van der Waals surface area contributed by atoms with Crippen molar-refractivity contribution in [3.05, 3.63) is 29.8 Å². The number of guanidine groups is 1. The van der Waals surface area contributed by atoms with Gasteiger partial charge in [0.05, 0.1) is 18.0 Å². The van der Waals surface area contributed by atoms with E-state index in [4.69, 9.17) is 0 Å². The summed E-state index contributed by atoms with van der Waals surface area (Å²) in [4.78, 5) is 18.7. The fourth-order valence-corrected chi connectivity index (χ4v) is 3.22. The lowest BCUT2D eigenvalue weighted by molar-refractivity contribution is -0.128. The Kier molecular flexibility index (Phi) is 9.34. The molecule has 0 aliphatic carbocycles. The van der Waals surface area contributed by atoms with Gasteiger partial charge in [0, 0.05) is 25.9 Å². The number of aliphatic imine (C=N–C) groups is 1. The summed E-state index contributed by atoms with van der Waals surface area (Å²) in [5, 5.41) is 6.16. The largest absolute Gasteiger partial charge is 0.357 e. The van der Waals surface area contributed by atoms with E-state index in [0.29, 0.717) is 23.9 Å². The van der Waals surface area contributed by atoms with Crippen molar-refractivity contribution < 1.29 is 13.2 Å². The van der Waals surface area contributed by atoms with Gasteiger partial charge in [-0.15, -0.1) is 24.0 Å². The number of nitrogens with zero attached hydrogens (tertiary/aromatic N) is 2. The first-order valence-corrected chi connectivity index (χ1v) is 10.4. The third-order valence-electron chi connectivity index (χ3n) is 3.98. The van der Waals surface area contributed by atoms with Gasteiger partial charge in [-0.25, -0.2) is 13.4 Å². The van der Waals surface area contributed by atoms with Crippen LogP contribution in [0.5, 0.6) is 0 Å². The van der Waals surface area contributed by atoms with Crippen LogP contribution in [0.2, 0.25) is 0 Å². The van der Waals surface area contributed by atoms with E-state index < -0.39 is 9.84 Å². The average molecular weight is 494 g/mol. The lowest BCUT2D eigenvalue weighted by Gasteiger charge is -2.17. The van der Waals surface area contributed by atoms with Gasteiger partial charge in [-0.1, -0.05) is 12.1 Å². The number of carbonyl (C=O) groups excluding carboxylic acids is 1. The highest BCUT2D eigenvalue weighted by Crippen LogP contribution is 2.11. The standard InChI is InChI=1S/C17H26N4O3S.HI/c1-3-18-17(20-13-16(22)21-10-4-5-11-21)19-12-14-6-8-15(9-7-14)25(2,23)24;/h6-9H,3-5,10-13H2,1-2H3,(H2,18,19,20);1H. The molecule has 2 N–H and O–H groups in total. The number of hydrogen-bond acceptors (Lipinski definition) is 4. The van der Waals surface area contributed by atoms with Crippen molar-refractivity contribution in [2.75, 3.05) is 32.4 Å². The van der Waals surface area contributed by atoms with Crippen molar-refractivity contribution in [1.29, 1.82) is 0 Å². The molecule has 7 nitrogen and oxygen atoms in total. The van der Waals surface area contributed by atoms with Crippen LogP contribution >= 0.6 is 24.0 Å². The summed E-state index contributed by atoms with van der Waals surface area (Å²) in [6.07, 6.45) is 3.33. The second-order valence-corrected chi connectivity index (χ2v) is 8.07. The van der Waals surface area contributed by atoms with Crippen LogP contribution in [-0.4, -0.2) is 57.6 Å². The van der Waals surface area contributed by atoms with Crippen LogP contribution in [0, 0.1) is 0 Å². The number of hydrogen-bond donors (Lipinski definition) is 2. The molecule has 1 aliphatic heterocycles. The Morgan fingerprint density at radius 3 is 2.31 bits per heavy atom. The summed E-state index contributed by atoms with van der Waals surface area (Å²) in [5.41, 5.74) is 0.899. The summed E-state index contributed by atoms with van der Waals surface area (Å²) in [5.74, 6) is 0.655. The molecular formula is C17H27IN4O3S. The fourth-order valence-electron chi connectivity index (χ4n) is 2.59. The van der Waals surface area contributed by atoms with Gasteiger partial charge < -0.3 is 15.5 Å². The molecule has 1 fully saturated rings. The van der Waals surface area contributed by atoms with Crippen molar-refractivity contribution in [2.24, 2.45) is 4.99 Å². The predicted octanol–water partition coefficient (Wildman–Crippen LogP) is 1.39. The molecule has 1 aromatic rings. The minimum atomic E-state index is -3.19. The molecule has 1 aromatic carbocycles. The van der Waals surface area contributed by atoms with E-state index in [2.05, 4.69) is 15.6 Å². The van der Waals surface area contributed by atoms with Crippen LogP contribution in [0.15, 0.2) is 34.2 Å². The van der Waals surface area contributed by atoms with Crippen LogP contribution in [0.3, 0.4) is 0 Å². The van der Waals surface area contributed by atoms with Crippen LogP contribution in [0.4, 0.5) is 0 Å². The monoisotopic (exact) mass is 494 g/mol. The molecule has 2 rings (SSSR count). The van der Waals surface area contributed by atoms with Crippen molar-refractivity contribution in [3.8, 4) is 0 Å². The normalized spacial score (nSPS) is 14.7. The molecule has 1 saturated heterocycles. The molecule has 9 heteroatoms. The van der Waals surface area contributed by atoms with Crippen molar-refractivity contribution in [1.82, 2.24) is 15.5 Å². The highest BCUT2D eigenvalue weighted by Gasteiger charge is 2.17. The molecular weight excluding hydrogens is 467 g/mol. The Labute approximate surface area is 172 Å². The zero-order chi connectivity index (χ0) is 18.3. The summed E-state index contributed by atoms with van der Waals surface area (Å²) in [7, 11) is -3.19. The zero-order valence-electron chi connectivity index (χ0n) is 15.2. The molecule has 0 unspecified atom stereocenters. The van der Waals surface area contributed by atoms with Crippen molar-refractivity contribution >= 4 is 45.7 Å². The number of amides is 1. The molecule has 26 heavy (non-hydrogen) atoms. The van der Waals surface area contributed by atoms with Crippen LogP contribution in [-0.2, 0) is 21.2 Å². The van der Waals surface area contributed by atoms with Crippen LogP contribution in [0.1, 0.15) is 25.3 Å². The molecule has 1 aliphatic rings. The van der Waals surface area contributed by atoms with Gasteiger partial charge in [0.15, 0.2) is 15.8 Å². The second-order valence-electron chi connectivity index (χ2n) is 6.05. The number of nitrogens with one attached hydrogen (secondary N) is 2. The lowest BCUT2D eigenvalue weighted by atomic mass is 10.2. The lowest BCUT2D eigenvalue weighted by Crippen LogP contribution is -2.44. The van der Waals surface area contributed by atoms with E-state index in [1.165, 1.54) is 6.26 Å². The van der Waals surface area contributed by atoms with Gasteiger partial charge >= 0.3 is 0 Å². The Morgan fingerprint density at radius 1 is 1.15 bits per heavy atom. The smallest absolute Gasteiger partial charge is 0.241 e. The van der Waals surface area contributed by atoms with Gasteiger partial charge in [0.2, 0.25) is 5.91 Å².